The Hall–Kier alpha value is -2.17. The van der Waals surface area contributed by atoms with Crippen molar-refractivity contribution in [3.63, 3.8) is 0 Å². The molecule has 1 aromatic heterocycles. The lowest BCUT2D eigenvalue weighted by atomic mass is 10.1. The molecule has 0 unspecified atom stereocenters. The van der Waals surface area contributed by atoms with E-state index in [-0.39, 0.29) is 0 Å². The number of methoxy groups -OCH3 is 2. The summed E-state index contributed by atoms with van der Waals surface area (Å²) in [5, 5.41) is 6.76. The normalized spacial score (nSPS) is 10.2. The molecule has 1 aromatic carbocycles. The zero-order valence-electron chi connectivity index (χ0n) is 9.86. The molecule has 0 aliphatic heterocycles. The highest BCUT2D eigenvalue weighted by molar-refractivity contribution is 5.43. The smallest absolute Gasteiger partial charge is 0.145 e. The minimum atomic E-state index is 0.493. The largest absolute Gasteiger partial charge is 0.497 e. The maximum Gasteiger partial charge on any atom is 0.145 e. The predicted molar refractivity (Wildman–Crippen MR) is 65.4 cm³/mol. The second kappa shape index (κ2) is 4.78. The molecule has 0 bridgehead atoms. The molecule has 0 aliphatic rings. The van der Waals surface area contributed by atoms with Gasteiger partial charge in [0, 0.05) is 29.8 Å². The van der Waals surface area contributed by atoms with E-state index in [2.05, 4.69) is 10.2 Å². The highest BCUT2D eigenvalue weighted by Crippen LogP contribution is 2.26. The molecule has 0 radical (unpaired) electrons. The van der Waals surface area contributed by atoms with Crippen molar-refractivity contribution in [3.8, 4) is 11.5 Å². The van der Waals surface area contributed by atoms with Crippen molar-refractivity contribution in [1.29, 1.82) is 0 Å². The summed E-state index contributed by atoms with van der Waals surface area (Å²) in [5.74, 6) is 2.06. The van der Waals surface area contributed by atoms with E-state index in [1.165, 1.54) is 0 Å². The monoisotopic (exact) mass is 233 g/mol. The molecule has 5 nitrogen and oxygen atoms in total. The SMILES string of the molecule is COc1ccc(Cc2cc(N)n[nH]2)c(OC)c1. The fraction of sp³-hybridized carbons (Fsp3) is 0.250. The van der Waals surface area contributed by atoms with Crippen molar-refractivity contribution in [2.24, 2.45) is 0 Å². The van der Waals surface area contributed by atoms with Gasteiger partial charge >= 0.3 is 0 Å². The van der Waals surface area contributed by atoms with Crippen LogP contribution in [0.3, 0.4) is 0 Å². The van der Waals surface area contributed by atoms with E-state index >= 15 is 0 Å². The summed E-state index contributed by atoms with van der Waals surface area (Å²) in [5.41, 5.74) is 7.56. The molecule has 2 rings (SSSR count). The first-order chi connectivity index (χ1) is 8.22. The van der Waals surface area contributed by atoms with Crippen LogP contribution in [-0.4, -0.2) is 24.4 Å². The molecule has 0 fully saturated rings. The number of nitrogens with one attached hydrogen (secondary N) is 1. The first-order valence-electron chi connectivity index (χ1n) is 5.23. The second-order valence-corrected chi connectivity index (χ2v) is 3.67. The standard InChI is InChI=1S/C12H15N3O2/c1-16-10-4-3-8(11(7-10)17-2)5-9-6-12(13)15-14-9/h3-4,6-7H,5H2,1-2H3,(H3,13,14,15). The van der Waals surface area contributed by atoms with Crippen LogP contribution in [0, 0.1) is 0 Å². The van der Waals surface area contributed by atoms with Crippen LogP contribution in [0.5, 0.6) is 11.5 Å². The molecule has 0 atom stereocenters. The number of hydrogen-bond donors (Lipinski definition) is 2. The quantitative estimate of drug-likeness (QED) is 0.841. The third-order valence-electron chi connectivity index (χ3n) is 2.53. The van der Waals surface area contributed by atoms with Crippen LogP contribution in [0.25, 0.3) is 0 Å². The predicted octanol–water partition coefficient (Wildman–Crippen LogP) is 1.60. The summed E-state index contributed by atoms with van der Waals surface area (Å²) in [6.07, 6.45) is 0.692. The Bertz CT molecular complexity index is 508. The molecule has 17 heavy (non-hydrogen) atoms. The molecule has 1 heterocycles. The van der Waals surface area contributed by atoms with Gasteiger partial charge in [-0.15, -0.1) is 0 Å². The summed E-state index contributed by atoms with van der Waals surface area (Å²) < 4.78 is 10.5. The number of nitrogens with two attached hydrogens (primary N) is 1. The first-order valence-corrected chi connectivity index (χ1v) is 5.23. The average molecular weight is 233 g/mol. The summed E-state index contributed by atoms with van der Waals surface area (Å²) in [7, 11) is 3.27. The van der Waals surface area contributed by atoms with E-state index in [9.17, 15) is 0 Å². The molecule has 0 saturated carbocycles. The highest BCUT2D eigenvalue weighted by atomic mass is 16.5. The molecule has 0 aliphatic carbocycles. The maximum atomic E-state index is 5.55. The fourth-order valence-corrected chi connectivity index (χ4v) is 1.67. The van der Waals surface area contributed by atoms with Crippen LogP contribution in [0.2, 0.25) is 0 Å². The maximum absolute atomic E-state index is 5.55. The molecule has 3 N–H and O–H groups in total. The van der Waals surface area contributed by atoms with Crippen LogP contribution >= 0.6 is 0 Å². The molecule has 2 aromatic rings. The van der Waals surface area contributed by atoms with Gasteiger partial charge in [-0.05, 0) is 6.07 Å². The van der Waals surface area contributed by atoms with Gasteiger partial charge in [-0.25, -0.2) is 0 Å². The van der Waals surface area contributed by atoms with Crippen molar-refractivity contribution in [2.45, 2.75) is 6.42 Å². The minimum Gasteiger partial charge on any atom is -0.497 e. The van der Waals surface area contributed by atoms with Gasteiger partial charge in [-0.1, -0.05) is 6.07 Å². The van der Waals surface area contributed by atoms with Gasteiger partial charge in [0.25, 0.3) is 0 Å². The number of nitrogen functional groups attached to an aromatic ring is 1. The summed E-state index contributed by atoms with van der Waals surface area (Å²) in [6, 6.07) is 7.53. The van der Waals surface area contributed by atoms with Gasteiger partial charge in [-0.2, -0.15) is 5.10 Å². The van der Waals surface area contributed by atoms with Gasteiger partial charge < -0.3 is 15.2 Å². The first kappa shape index (κ1) is 11.3. The number of aromatic amines is 1. The highest BCUT2D eigenvalue weighted by Gasteiger charge is 2.07. The fourth-order valence-electron chi connectivity index (χ4n) is 1.67. The van der Waals surface area contributed by atoms with Crippen LogP contribution < -0.4 is 15.2 Å². The van der Waals surface area contributed by atoms with Crippen LogP contribution in [0.4, 0.5) is 5.82 Å². The molecular weight excluding hydrogens is 218 g/mol. The molecule has 0 saturated heterocycles. The molecule has 5 heteroatoms. The van der Waals surface area contributed by atoms with E-state index in [0.29, 0.717) is 12.2 Å². The zero-order chi connectivity index (χ0) is 12.3. The lowest BCUT2D eigenvalue weighted by molar-refractivity contribution is 0.391. The number of nitrogens with zero attached hydrogens (tertiary/aromatic N) is 1. The number of H-pyrrole nitrogens is 1. The van der Waals surface area contributed by atoms with E-state index in [0.717, 1.165) is 22.8 Å². The second-order valence-electron chi connectivity index (χ2n) is 3.67. The van der Waals surface area contributed by atoms with Crippen LogP contribution in [-0.2, 0) is 6.42 Å². The van der Waals surface area contributed by atoms with Crippen molar-refractivity contribution in [1.82, 2.24) is 10.2 Å². The van der Waals surface area contributed by atoms with Gasteiger partial charge in [0.1, 0.15) is 17.3 Å². The van der Waals surface area contributed by atoms with Gasteiger partial charge in [0.15, 0.2) is 0 Å². The number of aromatic nitrogens is 2. The van der Waals surface area contributed by atoms with Crippen LogP contribution in [0.15, 0.2) is 24.3 Å². The van der Waals surface area contributed by atoms with E-state index in [1.807, 2.05) is 24.3 Å². The van der Waals surface area contributed by atoms with Gasteiger partial charge in [-0.3, -0.25) is 5.10 Å². The van der Waals surface area contributed by atoms with E-state index in [4.69, 9.17) is 15.2 Å². The summed E-state index contributed by atoms with van der Waals surface area (Å²) in [4.78, 5) is 0. The van der Waals surface area contributed by atoms with E-state index < -0.39 is 0 Å². The Kier molecular flexibility index (Phi) is 3.18. The Labute approximate surface area is 99.5 Å². The number of hydrogen-bond acceptors (Lipinski definition) is 4. The molecule has 0 spiro atoms. The number of rotatable bonds is 4. The molecule has 90 valence electrons. The molecular formula is C12H15N3O2. The zero-order valence-corrected chi connectivity index (χ0v) is 9.86. The number of anilines is 1. The Morgan fingerprint density at radius 3 is 2.65 bits per heavy atom. The lowest BCUT2D eigenvalue weighted by Gasteiger charge is -2.09. The van der Waals surface area contributed by atoms with Crippen molar-refractivity contribution < 1.29 is 9.47 Å². The topological polar surface area (TPSA) is 73.2 Å². The minimum absolute atomic E-state index is 0.493. The van der Waals surface area contributed by atoms with Crippen molar-refractivity contribution in [3.05, 3.63) is 35.5 Å². The third kappa shape index (κ3) is 2.50. The van der Waals surface area contributed by atoms with Crippen LogP contribution in [0.1, 0.15) is 11.3 Å². The summed E-state index contributed by atoms with van der Waals surface area (Å²) in [6.45, 7) is 0. The Morgan fingerprint density at radius 2 is 2.06 bits per heavy atom. The van der Waals surface area contributed by atoms with Crippen molar-refractivity contribution in [2.75, 3.05) is 20.0 Å². The van der Waals surface area contributed by atoms with E-state index in [1.54, 1.807) is 14.2 Å². The van der Waals surface area contributed by atoms with Crippen molar-refractivity contribution >= 4 is 5.82 Å². The molecule has 0 amide bonds. The lowest BCUT2D eigenvalue weighted by Crippen LogP contribution is -1.95. The Morgan fingerprint density at radius 1 is 1.24 bits per heavy atom. The van der Waals surface area contributed by atoms with Gasteiger partial charge in [0.05, 0.1) is 14.2 Å². The Balaban J connectivity index is 2.26. The number of ether oxygens (including phenoxy) is 2. The average Bonchev–Trinajstić information content (AvgIpc) is 2.75. The number of benzene rings is 1. The van der Waals surface area contributed by atoms with Gasteiger partial charge in [0.2, 0.25) is 0 Å². The third-order valence-corrected chi connectivity index (χ3v) is 2.53. The summed E-state index contributed by atoms with van der Waals surface area (Å²) >= 11 is 0.